The number of rotatable bonds is 3. The fourth-order valence-electron chi connectivity index (χ4n) is 6.73. The third kappa shape index (κ3) is 1.80. The third-order valence-electron chi connectivity index (χ3n) is 7.44. The molecule has 116 valence electrons. The number of hydrogen-bond donors (Lipinski definition) is 0. The number of hydrogen-bond acceptors (Lipinski definition) is 2. The number of carbonyl (C=O) groups is 1. The molecule has 0 N–H and O–H groups in total. The smallest absolute Gasteiger partial charge is 0.333 e. The van der Waals surface area contributed by atoms with E-state index in [1.807, 2.05) is 0 Å². The van der Waals surface area contributed by atoms with Crippen LogP contribution in [0.15, 0.2) is 12.2 Å². The van der Waals surface area contributed by atoms with Gasteiger partial charge in [-0.1, -0.05) is 13.5 Å². The maximum absolute atomic E-state index is 12.1. The van der Waals surface area contributed by atoms with Gasteiger partial charge in [0.25, 0.3) is 0 Å². The zero-order valence-corrected chi connectivity index (χ0v) is 13.4. The Kier molecular flexibility index (Phi) is 3.03. The van der Waals surface area contributed by atoms with Gasteiger partial charge in [-0.15, -0.1) is 0 Å². The van der Waals surface area contributed by atoms with Gasteiger partial charge in [0, 0.05) is 11.5 Å². The van der Waals surface area contributed by atoms with Crippen molar-refractivity contribution < 1.29 is 9.53 Å². The van der Waals surface area contributed by atoms with Crippen LogP contribution in [0.25, 0.3) is 0 Å². The number of fused-ring (bicyclic) bond motifs is 4. The highest BCUT2D eigenvalue weighted by molar-refractivity contribution is 5.87. The molecular formula is C19H28O2. The van der Waals surface area contributed by atoms with Crippen LogP contribution in [0.5, 0.6) is 0 Å². The van der Waals surface area contributed by atoms with Crippen molar-refractivity contribution in [3.05, 3.63) is 12.2 Å². The summed E-state index contributed by atoms with van der Waals surface area (Å²) < 4.78 is 6.06. The normalized spacial score (nSPS) is 50.0. The molecule has 0 aromatic heterocycles. The minimum absolute atomic E-state index is 0.165. The SMILES string of the molecule is C=C(C)C(=O)OC1(CC)CC2CC1C1C3CCC(CC3)C21. The van der Waals surface area contributed by atoms with E-state index in [1.165, 1.54) is 32.1 Å². The van der Waals surface area contributed by atoms with Crippen LogP contribution in [0, 0.1) is 35.5 Å². The van der Waals surface area contributed by atoms with Crippen LogP contribution in [-0.2, 0) is 9.53 Å². The lowest BCUT2D eigenvalue weighted by Gasteiger charge is -2.55. The van der Waals surface area contributed by atoms with Crippen LogP contribution in [0.2, 0.25) is 0 Å². The van der Waals surface area contributed by atoms with Crippen molar-refractivity contribution in [2.45, 2.75) is 64.4 Å². The summed E-state index contributed by atoms with van der Waals surface area (Å²) in [4.78, 5) is 12.1. The second-order valence-electron chi connectivity index (χ2n) is 8.22. The molecule has 5 fully saturated rings. The van der Waals surface area contributed by atoms with E-state index in [-0.39, 0.29) is 11.6 Å². The van der Waals surface area contributed by atoms with E-state index in [9.17, 15) is 4.79 Å². The second kappa shape index (κ2) is 4.60. The molecular weight excluding hydrogens is 260 g/mol. The predicted octanol–water partition coefficient (Wildman–Crippen LogP) is 4.35. The van der Waals surface area contributed by atoms with Gasteiger partial charge in [0.2, 0.25) is 0 Å². The van der Waals surface area contributed by atoms with Crippen LogP contribution in [0.4, 0.5) is 0 Å². The Balaban J connectivity index is 1.62. The molecule has 5 aliphatic rings. The summed E-state index contributed by atoms with van der Waals surface area (Å²) in [5.74, 6) is 5.02. The number of carbonyl (C=O) groups excluding carboxylic acids is 1. The highest BCUT2D eigenvalue weighted by atomic mass is 16.6. The van der Waals surface area contributed by atoms with Crippen LogP contribution >= 0.6 is 0 Å². The summed E-state index contributed by atoms with van der Waals surface area (Å²) in [5.41, 5.74) is 0.381. The topological polar surface area (TPSA) is 26.3 Å². The Hall–Kier alpha value is -0.790. The molecule has 5 aliphatic carbocycles. The van der Waals surface area contributed by atoms with Gasteiger partial charge in [0.1, 0.15) is 5.60 Å². The monoisotopic (exact) mass is 288 g/mol. The van der Waals surface area contributed by atoms with Crippen LogP contribution in [0.1, 0.15) is 58.8 Å². The summed E-state index contributed by atoms with van der Waals surface area (Å²) >= 11 is 0. The first kappa shape index (κ1) is 13.8. The number of ether oxygens (including phenoxy) is 1. The standard InChI is InChI=1S/C19H28O2/c1-4-19(21-18(20)11(2)3)10-14-9-15(19)17-13-7-5-12(6-8-13)16(14)17/h12-17H,2,4-10H2,1,3H3. The van der Waals surface area contributed by atoms with Crippen molar-refractivity contribution in [3.63, 3.8) is 0 Å². The Bertz CT molecular complexity index is 474. The van der Waals surface area contributed by atoms with Crippen molar-refractivity contribution in [1.29, 1.82) is 0 Å². The molecule has 0 heterocycles. The Labute approximate surface area is 128 Å². The van der Waals surface area contributed by atoms with Gasteiger partial charge in [-0.25, -0.2) is 4.79 Å². The zero-order chi connectivity index (χ0) is 14.8. The van der Waals surface area contributed by atoms with E-state index >= 15 is 0 Å². The van der Waals surface area contributed by atoms with Crippen LogP contribution < -0.4 is 0 Å². The Morgan fingerprint density at radius 2 is 1.76 bits per heavy atom. The van der Waals surface area contributed by atoms with Gasteiger partial charge in [-0.3, -0.25) is 0 Å². The molecule has 2 heteroatoms. The van der Waals surface area contributed by atoms with Crippen molar-refractivity contribution in [2.24, 2.45) is 35.5 Å². The molecule has 2 nitrogen and oxygen atoms in total. The Morgan fingerprint density at radius 3 is 2.33 bits per heavy atom. The lowest BCUT2D eigenvalue weighted by Crippen LogP contribution is -2.52. The molecule has 0 spiro atoms. The summed E-state index contributed by atoms with van der Waals surface area (Å²) in [6.07, 6.45) is 9.23. The summed E-state index contributed by atoms with van der Waals surface area (Å²) in [6, 6.07) is 0. The van der Waals surface area contributed by atoms with Crippen LogP contribution in [0.3, 0.4) is 0 Å². The molecule has 0 amide bonds. The van der Waals surface area contributed by atoms with Crippen molar-refractivity contribution >= 4 is 5.97 Å². The van der Waals surface area contributed by atoms with E-state index < -0.39 is 0 Å². The second-order valence-corrected chi connectivity index (χ2v) is 8.22. The van der Waals surface area contributed by atoms with E-state index in [4.69, 9.17) is 4.74 Å². The first-order valence-corrected chi connectivity index (χ1v) is 8.94. The van der Waals surface area contributed by atoms with E-state index in [1.54, 1.807) is 6.92 Å². The first-order valence-electron chi connectivity index (χ1n) is 8.94. The van der Waals surface area contributed by atoms with Crippen molar-refractivity contribution in [3.8, 4) is 0 Å². The molecule has 0 aromatic rings. The summed E-state index contributed by atoms with van der Waals surface area (Å²) in [7, 11) is 0. The van der Waals surface area contributed by atoms with Crippen molar-refractivity contribution in [2.75, 3.05) is 0 Å². The van der Waals surface area contributed by atoms with E-state index in [0.717, 1.165) is 42.4 Å². The molecule has 0 saturated heterocycles. The maximum atomic E-state index is 12.1. The molecule has 5 saturated carbocycles. The van der Waals surface area contributed by atoms with E-state index in [2.05, 4.69) is 13.5 Å². The highest BCUT2D eigenvalue weighted by Gasteiger charge is 2.65. The summed E-state index contributed by atoms with van der Waals surface area (Å²) in [5, 5.41) is 0. The first-order chi connectivity index (χ1) is 10.1. The van der Waals surface area contributed by atoms with Gasteiger partial charge in [-0.2, -0.15) is 0 Å². The molecule has 5 atom stereocenters. The molecule has 0 aromatic carbocycles. The van der Waals surface area contributed by atoms with Gasteiger partial charge < -0.3 is 4.74 Å². The largest absolute Gasteiger partial charge is 0.455 e. The number of esters is 1. The van der Waals surface area contributed by atoms with Gasteiger partial charge >= 0.3 is 5.97 Å². The lowest BCUT2D eigenvalue weighted by atomic mass is 9.52. The third-order valence-corrected chi connectivity index (χ3v) is 7.44. The average Bonchev–Trinajstić information content (AvgIpc) is 3.06. The van der Waals surface area contributed by atoms with Gasteiger partial charge in [0.15, 0.2) is 0 Å². The van der Waals surface area contributed by atoms with Gasteiger partial charge in [-0.05, 0) is 81.5 Å². The zero-order valence-electron chi connectivity index (χ0n) is 13.4. The van der Waals surface area contributed by atoms with Crippen LogP contribution in [-0.4, -0.2) is 11.6 Å². The fraction of sp³-hybridized carbons (Fsp3) is 0.842. The minimum Gasteiger partial charge on any atom is -0.455 e. The Morgan fingerprint density at radius 1 is 1.14 bits per heavy atom. The average molecular weight is 288 g/mol. The summed E-state index contributed by atoms with van der Waals surface area (Å²) in [6.45, 7) is 7.75. The molecule has 0 aliphatic heterocycles. The highest BCUT2D eigenvalue weighted by Crippen LogP contribution is 2.68. The maximum Gasteiger partial charge on any atom is 0.333 e. The molecule has 5 unspecified atom stereocenters. The van der Waals surface area contributed by atoms with Crippen molar-refractivity contribution in [1.82, 2.24) is 0 Å². The lowest BCUT2D eigenvalue weighted by molar-refractivity contribution is -0.174. The molecule has 0 radical (unpaired) electrons. The fourth-order valence-corrected chi connectivity index (χ4v) is 6.73. The molecule has 21 heavy (non-hydrogen) atoms. The predicted molar refractivity (Wildman–Crippen MR) is 82.6 cm³/mol. The molecule has 4 bridgehead atoms. The van der Waals surface area contributed by atoms with Gasteiger partial charge in [0.05, 0.1) is 0 Å². The molecule has 5 rings (SSSR count). The van der Waals surface area contributed by atoms with E-state index in [0.29, 0.717) is 11.5 Å². The quantitative estimate of drug-likeness (QED) is 0.570. The minimum atomic E-state index is -0.167.